The number of aromatic nitrogens is 4. The van der Waals surface area contributed by atoms with Gasteiger partial charge in [0.25, 0.3) is 0 Å². The van der Waals surface area contributed by atoms with Crippen LogP contribution in [0.15, 0.2) is 12.1 Å². The molecule has 0 atom stereocenters. The van der Waals surface area contributed by atoms with E-state index >= 15 is 0 Å². The lowest BCUT2D eigenvalue weighted by Gasteiger charge is -2.18. The first kappa shape index (κ1) is 21.4. The number of aryl methyl sites for hydroxylation is 3. The van der Waals surface area contributed by atoms with E-state index in [0.29, 0.717) is 30.2 Å². The molecule has 160 valence electrons. The summed E-state index contributed by atoms with van der Waals surface area (Å²) in [7, 11) is 0. The standard InChI is InChI=1S/C22H28FIN6/c1-13(2)26-8-5-9-30-18(27-19-20(25)28-22(23)29-21(19)30)12-16-10-14-6-3-4-7-15(14)11-17(16)24/h10-11,13,26H,3-9,12H2,1-2H3,(H2,25,28,29). The third-order valence-electron chi connectivity index (χ3n) is 5.64. The first-order chi connectivity index (χ1) is 14.4. The lowest BCUT2D eigenvalue weighted by molar-refractivity contribution is 0.525. The highest BCUT2D eigenvalue weighted by atomic mass is 127. The molecule has 3 N–H and O–H groups in total. The van der Waals surface area contributed by atoms with Crippen molar-refractivity contribution in [3.8, 4) is 0 Å². The van der Waals surface area contributed by atoms with Gasteiger partial charge >= 0.3 is 6.08 Å². The molecule has 0 unspecified atom stereocenters. The fourth-order valence-electron chi connectivity index (χ4n) is 4.15. The Morgan fingerprint density at radius 1 is 1.17 bits per heavy atom. The van der Waals surface area contributed by atoms with Crippen LogP contribution in [-0.2, 0) is 25.8 Å². The minimum atomic E-state index is -0.809. The molecule has 0 bridgehead atoms. The molecule has 1 aliphatic rings. The number of rotatable bonds is 7. The molecule has 0 aliphatic heterocycles. The molecule has 0 radical (unpaired) electrons. The summed E-state index contributed by atoms with van der Waals surface area (Å²) in [6.07, 6.45) is 5.57. The monoisotopic (exact) mass is 522 g/mol. The highest BCUT2D eigenvalue weighted by molar-refractivity contribution is 14.1. The molecule has 4 rings (SSSR count). The summed E-state index contributed by atoms with van der Waals surface area (Å²) in [6.45, 7) is 5.82. The Bertz CT molecular complexity index is 1060. The van der Waals surface area contributed by atoms with Crippen molar-refractivity contribution in [3.05, 3.63) is 44.3 Å². The molecule has 0 fully saturated rings. The van der Waals surface area contributed by atoms with E-state index in [9.17, 15) is 4.39 Å². The molecule has 1 aromatic carbocycles. The zero-order valence-corrected chi connectivity index (χ0v) is 19.7. The zero-order chi connectivity index (χ0) is 21.3. The van der Waals surface area contributed by atoms with Gasteiger partial charge in [0.1, 0.15) is 5.82 Å². The molecule has 6 nitrogen and oxygen atoms in total. The average Bonchev–Trinajstić information content (AvgIpc) is 3.03. The van der Waals surface area contributed by atoms with Gasteiger partial charge < -0.3 is 15.6 Å². The van der Waals surface area contributed by atoms with Crippen LogP contribution in [0.4, 0.5) is 10.2 Å². The maximum Gasteiger partial charge on any atom is 0.312 e. The van der Waals surface area contributed by atoms with Crippen LogP contribution in [0.25, 0.3) is 11.2 Å². The number of hydrogen-bond donors (Lipinski definition) is 2. The molecule has 30 heavy (non-hydrogen) atoms. The molecule has 8 heteroatoms. The van der Waals surface area contributed by atoms with Gasteiger partial charge in [0, 0.05) is 22.6 Å². The van der Waals surface area contributed by atoms with E-state index in [2.05, 4.69) is 63.9 Å². The Balaban J connectivity index is 1.69. The second-order valence-electron chi connectivity index (χ2n) is 8.29. The van der Waals surface area contributed by atoms with E-state index < -0.39 is 6.08 Å². The Morgan fingerprint density at radius 2 is 1.90 bits per heavy atom. The van der Waals surface area contributed by atoms with E-state index in [0.717, 1.165) is 25.2 Å². The van der Waals surface area contributed by atoms with Crippen LogP contribution in [-0.4, -0.2) is 32.1 Å². The van der Waals surface area contributed by atoms with Gasteiger partial charge in [0.2, 0.25) is 0 Å². The third-order valence-corrected chi connectivity index (χ3v) is 6.65. The van der Waals surface area contributed by atoms with Gasteiger partial charge in [0.15, 0.2) is 17.0 Å². The third kappa shape index (κ3) is 4.59. The molecule has 2 heterocycles. The molecule has 0 spiro atoms. The number of nitrogen functional groups attached to an aromatic ring is 1. The summed E-state index contributed by atoms with van der Waals surface area (Å²) in [5.41, 5.74) is 11.1. The van der Waals surface area contributed by atoms with Gasteiger partial charge in [-0.2, -0.15) is 14.4 Å². The number of anilines is 1. The van der Waals surface area contributed by atoms with Crippen LogP contribution in [0.2, 0.25) is 0 Å². The van der Waals surface area contributed by atoms with Gasteiger partial charge in [-0.05, 0) is 84.0 Å². The Labute approximate surface area is 190 Å². The van der Waals surface area contributed by atoms with Crippen molar-refractivity contribution in [1.82, 2.24) is 24.8 Å². The maximum atomic E-state index is 13.9. The maximum absolute atomic E-state index is 13.9. The molecule has 0 saturated heterocycles. The number of nitrogens with two attached hydrogens (primary N) is 1. The SMILES string of the molecule is CC(C)NCCCn1c(Cc2cc3c(cc2I)CCCC3)nc2c(N)nc(F)nc21. The van der Waals surface area contributed by atoms with Crippen molar-refractivity contribution in [3.63, 3.8) is 0 Å². The Kier molecular flexibility index (Phi) is 6.52. The quantitative estimate of drug-likeness (QED) is 0.279. The van der Waals surface area contributed by atoms with Crippen LogP contribution in [0.3, 0.4) is 0 Å². The minimum absolute atomic E-state index is 0.0953. The van der Waals surface area contributed by atoms with E-state index in [1.165, 1.54) is 39.5 Å². The van der Waals surface area contributed by atoms with Crippen molar-refractivity contribution in [2.24, 2.45) is 0 Å². The van der Waals surface area contributed by atoms with Crippen LogP contribution < -0.4 is 11.1 Å². The number of benzene rings is 1. The van der Waals surface area contributed by atoms with Crippen molar-refractivity contribution < 1.29 is 4.39 Å². The van der Waals surface area contributed by atoms with E-state index in [-0.39, 0.29) is 5.82 Å². The Morgan fingerprint density at radius 3 is 2.63 bits per heavy atom. The number of nitrogens with one attached hydrogen (secondary N) is 1. The average molecular weight is 522 g/mol. The normalized spacial score (nSPS) is 13.9. The summed E-state index contributed by atoms with van der Waals surface area (Å²) < 4.78 is 17.2. The van der Waals surface area contributed by atoms with E-state index in [4.69, 9.17) is 10.7 Å². The number of nitrogens with zero attached hydrogens (tertiary/aromatic N) is 4. The summed E-state index contributed by atoms with van der Waals surface area (Å²) >= 11 is 2.42. The summed E-state index contributed by atoms with van der Waals surface area (Å²) in [4.78, 5) is 12.4. The predicted molar refractivity (Wildman–Crippen MR) is 126 cm³/mol. The summed E-state index contributed by atoms with van der Waals surface area (Å²) in [6, 6.07) is 5.07. The molecule has 1 aliphatic carbocycles. The largest absolute Gasteiger partial charge is 0.382 e. The molecular weight excluding hydrogens is 494 g/mol. The minimum Gasteiger partial charge on any atom is -0.382 e. The van der Waals surface area contributed by atoms with Gasteiger partial charge in [0.05, 0.1) is 0 Å². The fraction of sp³-hybridized carbons (Fsp3) is 0.500. The van der Waals surface area contributed by atoms with Gasteiger partial charge in [-0.3, -0.25) is 0 Å². The van der Waals surface area contributed by atoms with Crippen molar-refractivity contribution >= 4 is 39.6 Å². The van der Waals surface area contributed by atoms with Crippen LogP contribution in [0.5, 0.6) is 0 Å². The number of imidazole rings is 1. The number of hydrogen-bond acceptors (Lipinski definition) is 5. The van der Waals surface area contributed by atoms with E-state index in [1.54, 1.807) is 0 Å². The smallest absolute Gasteiger partial charge is 0.312 e. The number of halogens is 2. The molecular formula is C22H28FIN6. The summed E-state index contributed by atoms with van der Waals surface area (Å²) in [5.74, 6) is 0.952. The lowest BCUT2D eigenvalue weighted by atomic mass is 9.90. The highest BCUT2D eigenvalue weighted by Gasteiger charge is 2.19. The summed E-state index contributed by atoms with van der Waals surface area (Å²) in [5, 5.41) is 3.42. The van der Waals surface area contributed by atoms with E-state index in [1.807, 2.05) is 4.57 Å². The van der Waals surface area contributed by atoms with Crippen LogP contribution in [0, 0.1) is 9.65 Å². The zero-order valence-electron chi connectivity index (χ0n) is 17.5. The topological polar surface area (TPSA) is 81.7 Å². The van der Waals surface area contributed by atoms with Crippen LogP contribution >= 0.6 is 22.6 Å². The first-order valence-electron chi connectivity index (χ1n) is 10.6. The molecule has 0 saturated carbocycles. The fourth-order valence-corrected chi connectivity index (χ4v) is 4.87. The van der Waals surface area contributed by atoms with Gasteiger partial charge in [-0.15, -0.1) is 0 Å². The molecule has 2 aromatic heterocycles. The first-order valence-corrected chi connectivity index (χ1v) is 11.7. The van der Waals surface area contributed by atoms with Crippen molar-refractivity contribution in [2.75, 3.05) is 12.3 Å². The lowest BCUT2D eigenvalue weighted by Crippen LogP contribution is -2.24. The molecule has 3 aromatic rings. The second kappa shape index (κ2) is 9.13. The van der Waals surface area contributed by atoms with Crippen LogP contribution in [0.1, 0.15) is 55.6 Å². The number of fused-ring (bicyclic) bond motifs is 2. The van der Waals surface area contributed by atoms with Crippen molar-refractivity contribution in [2.45, 2.75) is 65.0 Å². The van der Waals surface area contributed by atoms with Gasteiger partial charge in [-0.25, -0.2) is 4.98 Å². The molecule has 0 amide bonds. The second-order valence-corrected chi connectivity index (χ2v) is 9.45. The van der Waals surface area contributed by atoms with Gasteiger partial charge in [-0.1, -0.05) is 19.9 Å². The predicted octanol–water partition coefficient (Wildman–Crippen LogP) is 4.01. The highest BCUT2D eigenvalue weighted by Crippen LogP contribution is 2.28. The van der Waals surface area contributed by atoms with Crippen molar-refractivity contribution in [1.29, 1.82) is 0 Å². The Hall–Kier alpha value is -1.81.